The van der Waals surface area contributed by atoms with Crippen molar-refractivity contribution in [3.05, 3.63) is 64.4 Å². The Balaban J connectivity index is 2.34. The first kappa shape index (κ1) is 14.3. The van der Waals surface area contributed by atoms with Gasteiger partial charge < -0.3 is 11.1 Å². The molecule has 2 aromatic rings. The fraction of sp³-hybridized carbons (Fsp3) is 0.133. The van der Waals surface area contributed by atoms with Gasteiger partial charge in [-0.1, -0.05) is 29.3 Å². The average molecular weight is 293 g/mol. The van der Waals surface area contributed by atoms with E-state index in [9.17, 15) is 9.18 Å². The van der Waals surface area contributed by atoms with E-state index in [0.29, 0.717) is 10.7 Å². The average Bonchev–Trinajstić information content (AvgIpc) is 2.41. The van der Waals surface area contributed by atoms with E-state index >= 15 is 0 Å². The fourth-order valence-corrected chi connectivity index (χ4v) is 2.03. The van der Waals surface area contributed by atoms with Gasteiger partial charge >= 0.3 is 0 Å². The zero-order valence-electron chi connectivity index (χ0n) is 10.9. The summed E-state index contributed by atoms with van der Waals surface area (Å²) >= 11 is 5.79. The number of amides is 1. The van der Waals surface area contributed by atoms with Crippen LogP contribution in [0.3, 0.4) is 0 Å². The van der Waals surface area contributed by atoms with Crippen molar-refractivity contribution in [2.24, 2.45) is 5.73 Å². The number of nitrogens with one attached hydrogen (secondary N) is 1. The molecule has 5 heteroatoms. The van der Waals surface area contributed by atoms with Crippen molar-refractivity contribution in [2.75, 3.05) is 5.32 Å². The van der Waals surface area contributed by atoms with Gasteiger partial charge in [0.1, 0.15) is 11.9 Å². The van der Waals surface area contributed by atoms with Crippen molar-refractivity contribution in [3.63, 3.8) is 0 Å². The van der Waals surface area contributed by atoms with E-state index in [0.717, 1.165) is 5.56 Å². The minimum atomic E-state index is -0.934. The van der Waals surface area contributed by atoms with Crippen LogP contribution in [0.15, 0.2) is 42.5 Å². The normalized spacial score (nSPS) is 11.9. The Hall–Kier alpha value is -2.07. The molecule has 0 spiro atoms. The molecule has 20 heavy (non-hydrogen) atoms. The number of benzene rings is 2. The van der Waals surface area contributed by atoms with Gasteiger partial charge in [-0.25, -0.2) is 4.39 Å². The van der Waals surface area contributed by atoms with E-state index in [2.05, 4.69) is 5.32 Å². The summed E-state index contributed by atoms with van der Waals surface area (Å²) in [5.41, 5.74) is 7.09. The standard InChI is InChI=1S/C15H14ClFN2O/c1-9-2-7-13(17)12(8-9)14(15(18)20)19-11-5-3-10(16)4-6-11/h2-8,14,19H,1H3,(H2,18,20). The lowest BCUT2D eigenvalue weighted by Crippen LogP contribution is -2.28. The number of carbonyl (C=O) groups is 1. The van der Waals surface area contributed by atoms with E-state index in [1.807, 2.05) is 6.92 Å². The van der Waals surface area contributed by atoms with Crippen LogP contribution in [-0.2, 0) is 4.79 Å². The third-order valence-corrected chi connectivity index (χ3v) is 3.15. The molecule has 3 nitrogen and oxygen atoms in total. The SMILES string of the molecule is Cc1ccc(F)c(C(Nc2ccc(Cl)cc2)C(N)=O)c1. The van der Waals surface area contributed by atoms with Crippen LogP contribution >= 0.6 is 11.6 Å². The van der Waals surface area contributed by atoms with Crippen LogP contribution in [-0.4, -0.2) is 5.91 Å². The fourth-order valence-electron chi connectivity index (χ4n) is 1.90. The summed E-state index contributed by atoms with van der Waals surface area (Å²) in [7, 11) is 0. The van der Waals surface area contributed by atoms with Crippen LogP contribution in [0.1, 0.15) is 17.2 Å². The summed E-state index contributed by atoms with van der Waals surface area (Å²) < 4.78 is 13.9. The molecule has 0 aromatic heterocycles. The van der Waals surface area contributed by atoms with Crippen LogP contribution in [0.5, 0.6) is 0 Å². The summed E-state index contributed by atoms with van der Waals surface area (Å²) in [5, 5.41) is 3.49. The Morgan fingerprint density at radius 3 is 2.50 bits per heavy atom. The zero-order valence-corrected chi connectivity index (χ0v) is 11.6. The van der Waals surface area contributed by atoms with Crippen molar-refractivity contribution in [2.45, 2.75) is 13.0 Å². The van der Waals surface area contributed by atoms with E-state index in [-0.39, 0.29) is 5.56 Å². The first-order chi connectivity index (χ1) is 9.47. The molecule has 0 aliphatic heterocycles. The van der Waals surface area contributed by atoms with Gasteiger partial charge in [0.05, 0.1) is 0 Å². The highest BCUT2D eigenvalue weighted by molar-refractivity contribution is 6.30. The van der Waals surface area contributed by atoms with Crippen molar-refractivity contribution in [1.82, 2.24) is 0 Å². The molecule has 104 valence electrons. The van der Waals surface area contributed by atoms with Gasteiger partial charge in [0.2, 0.25) is 5.91 Å². The summed E-state index contributed by atoms with van der Waals surface area (Å²) in [6.45, 7) is 1.82. The number of anilines is 1. The minimum Gasteiger partial charge on any atom is -0.370 e. The summed E-state index contributed by atoms with van der Waals surface area (Å²) in [6, 6.07) is 10.4. The molecular weight excluding hydrogens is 279 g/mol. The van der Waals surface area contributed by atoms with Gasteiger partial charge in [-0.15, -0.1) is 0 Å². The minimum absolute atomic E-state index is 0.229. The van der Waals surface area contributed by atoms with Gasteiger partial charge in [0, 0.05) is 16.3 Å². The van der Waals surface area contributed by atoms with Crippen molar-refractivity contribution in [3.8, 4) is 0 Å². The second kappa shape index (κ2) is 5.92. The largest absolute Gasteiger partial charge is 0.370 e. The first-order valence-electron chi connectivity index (χ1n) is 6.05. The van der Waals surface area contributed by atoms with Crippen molar-refractivity contribution < 1.29 is 9.18 Å². The monoisotopic (exact) mass is 292 g/mol. The highest BCUT2D eigenvalue weighted by Gasteiger charge is 2.21. The maximum Gasteiger partial charge on any atom is 0.244 e. The molecule has 0 aliphatic rings. The number of rotatable bonds is 4. The molecule has 0 saturated heterocycles. The van der Waals surface area contributed by atoms with Crippen molar-refractivity contribution >= 4 is 23.2 Å². The molecule has 2 aromatic carbocycles. The van der Waals surface area contributed by atoms with Crippen LogP contribution in [0.4, 0.5) is 10.1 Å². The number of carbonyl (C=O) groups excluding carboxylic acids is 1. The number of aryl methyl sites for hydroxylation is 1. The first-order valence-corrected chi connectivity index (χ1v) is 6.42. The van der Waals surface area contributed by atoms with E-state index in [1.165, 1.54) is 6.07 Å². The Bertz CT molecular complexity index is 628. The van der Waals surface area contributed by atoms with Gasteiger partial charge in [-0.3, -0.25) is 4.79 Å². The van der Waals surface area contributed by atoms with E-state index in [4.69, 9.17) is 17.3 Å². The number of hydrogen-bond donors (Lipinski definition) is 2. The smallest absolute Gasteiger partial charge is 0.244 e. The number of hydrogen-bond acceptors (Lipinski definition) is 2. The third-order valence-electron chi connectivity index (χ3n) is 2.90. The highest BCUT2D eigenvalue weighted by Crippen LogP contribution is 2.24. The molecule has 1 amide bonds. The molecule has 1 unspecified atom stereocenters. The van der Waals surface area contributed by atoms with Gasteiger partial charge in [-0.2, -0.15) is 0 Å². The predicted octanol–water partition coefficient (Wildman–Crippen LogP) is 3.43. The van der Waals surface area contributed by atoms with Crippen LogP contribution in [0.2, 0.25) is 5.02 Å². The number of nitrogens with two attached hydrogens (primary N) is 1. The molecule has 0 aliphatic carbocycles. The Kier molecular flexibility index (Phi) is 4.25. The maximum atomic E-state index is 13.9. The lowest BCUT2D eigenvalue weighted by atomic mass is 10.0. The molecule has 0 heterocycles. The molecule has 0 fully saturated rings. The Morgan fingerprint density at radius 1 is 1.25 bits per heavy atom. The second-order valence-electron chi connectivity index (χ2n) is 4.51. The quantitative estimate of drug-likeness (QED) is 0.907. The maximum absolute atomic E-state index is 13.9. The lowest BCUT2D eigenvalue weighted by Gasteiger charge is -2.18. The lowest BCUT2D eigenvalue weighted by molar-refractivity contribution is -0.118. The molecule has 3 N–H and O–H groups in total. The van der Waals surface area contributed by atoms with Gasteiger partial charge in [0.25, 0.3) is 0 Å². The van der Waals surface area contributed by atoms with E-state index < -0.39 is 17.8 Å². The summed E-state index contributed by atoms with van der Waals surface area (Å²) in [6.07, 6.45) is 0. The molecule has 0 radical (unpaired) electrons. The molecule has 1 atom stereocenters. The number of halogens is 2. The highest BCUT2D eigenvalue weighted by atomic mass is 35.5. The topological polar surface area (TPSA) is 55.1 Å². The second-order valence-corrected chi connectivity index (χ2v) is 4.95. The zero-order chi connectivity index (χ0) is 14.7. The molecular formula is C15H14ClFN2O. The summed E-state index contributed by atoms with van der Waals surface area (Å²) in [5.74, 6) is -1.12. The molecule has 0 saturated carbocycles. The Labute approximate surface area is 121 Å². The van der Waals surface area contributed by atoms with E-state index in [1.54, 1.807) is 36.4 Å². The predicted molar refractivity (Wildman–Crippen MR) is 78.1 cm³/mol. The Morgan fingerprint density at radius 2 is 1.90 bits per heavy atom. The van der Waals surface area contributed by atoms with Crippen LogP contribution in [0.25, 0.3) is 0 Å². The van der Waals surface area contributed by atoms with Gasteiger partial charge in [-0.05, 0) is 37.3 Å². The number of primary amides is 1. The summed E-state index contributed by atoms with van der Waals surface area (Å²) in [4.78, 5) is 11.6. The van der Waals surface area contributed by atoms with Crippen molar-refractivity contribution in [1.29, 1.82) is 0 Å². The third kappa shape index (κ3) is 3.27. The van der Waals surface area contributed by atoms with Gasteiger partial charge in [0.15, 0.2) is 0 Å². The van der Waals surface area contributed by atoms with Crippen LogP contribution in [0, 0.1) is 12.7 Å². The molecule has 2 rings (SSSR count). The molecule has 0 bridgehead atoms. The van der Waals surface area contributed by atoms with Crippen LogP contribution < -0.4 is 11.1 Å².